The van der Waals surface area contributed by atoms with Gasteiger partial charge in [-0.25, -0.2) is 4.98 Å². The monoisotopic (exact) mass is 557 g/mol. The van der Waals surface area contributed by atoms with E-state index in [1.165, 1.54) is 23.2 Å². The fourth-order valence-electron chi connectivity index (χ4n) is 3.60. The Bertz CT molecular complexity index is 1290. The lowest BCUT2D eigenvalue weighted by Gasteiger charge is -2.17. The Morgan fingerprint density at radius 3 is 2.03 bits per heavy atom. The smallest absolute Gasteiger partial charge is 0.253 e. The quantitative estimate of drug-likeness (QED) is 0.234. The minimum absolute atomic E-state index is 0. The first-order valence-corrected chi connectivity index (χ1v) is 12.4. The number of halogens is 1. The molecule has 1 aromatic heterocycles. The molecule has 3 aromatic rings. The van der Waals surface area contributed by atoms with Crippen molar-refractivity contribution in [2.24, 2.45) is 5.73 Å². The molecule has 0 atom stereocenters. The molecule has 0 saturated heterocycles. The van der Waals surface area contributed by atoms with Gasteiger partial charge < -0.3 is 26.2 Å². The van der Waals surface area contributed by atoms with Gasteiger partial charge in [0.2, 0.25) is 5.91 Å². The van der Waals surface area contributed by atoms with Crippen molar-refractivity contribution >= 4 is 58.2 Å². The van der Waals surface area contributed by atoms with Gasteiger partial charge >= 0.3 is 0 Å². The Kier molecular flexibility index (Phi) is 10.8. The van der Waals surface area contributed by atoms with Gasteiger partial charge in [-0.1, -0.05) is 23.5 Å². The van der Waals surface area contributed by atoms with E-state index >= 15 is 0 Å². The third-order valence-corrected chi connectivity index (χ3v) is 6.45. The highest BCUT2D eigenvalue weighted by Gasteiger charge is 2.19. The van der Waals surface area contributed by atoms with Crippen LogP contribution in [0.3, 0.4) is 0 Å². The van der Waals surface area contributed by atoms with Crippen LogP contribution >= 0.6 is 23.7 Å². The molecule has 0 aliphatic heterocycles. The van der Waals surface area contributed by atoms with Crippen LogP contribution in [0.15, 0.2) is 48.5 Å². The third-order valence-electron chi connectivity index (χ3n) is 5.46. The number of hydrogen-bond donors (Lipinski definition) is 4. The predicted octanol–water partition coefficient (Wildman–Crippen LogP) is 3.59. The minimum atomic E-state index is -0.211. The van der Waals surface area contributed by atoms with Crippen molar-refractivity contribution in [3.63, 3.8) is 0 Å². The summed E-state index contributed by atoms with van der Waals surface area (Å²) in [5.74, 6) is -0.644. The van der Waals surface area contributed by atoms with Crippen LogP contribution in [-0.2, 0) is 24.2 Å². The fraction of sp³-hybridized carbons (Fsp3) is 0.269. The molecular formula is C26H32ClN7O3S. The van der Waals surface area contributed by atoms with E-state index in [-0.39, 0.29) is 36.1 Å². The molecule has 5 N–H and O–H groups in total. The highest BCUT2D eigenvalue weighted by molar-refractivity contribution is 7.15. The number of thiazole rings is 1. The van der Waals surface area contributed by atoms with E-state index < -0.39 is 0 Å². The molecule has 1 heterocycles. The molecule has 0 spiro atoms. The molecule has 3 amide bonds. The SMILES string of the molecule is CC(=O)Nc1nc(CCc2ccc(NC(=N)N)cc2)c(CN(C)C(=O)c2ccc(C(=O)N(C)C)cc2)s1.Cl. The van der Waals surface area contributed by atoms with Crippen LogP contribution in [0.4, 0.5) is 10.8 Å². The topological polar surface area (TPSA) is 145 Å². The summed E-state index contributed by atoms with van der Waals surface area (Å²) in [5.41, 5.74) is 8.98. The van der Waals surface area contributed by atoms with Crippen LogP contribution in [0.25, 0.3) is 0 Å². The van der Waals surface area contributed by atoms with Gasteiger partial charge in [0.05, 0.1) is 12.2 Å². The summed E-state index contributed by atoms with van der Waals surface area (Å²) in [6.07, 6.45) is 1.32. The van der Waals surface area contributed by atoms with Crippen LogP contribution in [0.1, 0.15) is 43.8 Å². The molecule has 0 aliphatic carbocycles. The van der Waals surface area contributed by atoms with E-state index in [1.54, 1.807) is 50.3 Å². The summed E-state index contributed by atoms with van der Waals surface area (Å²) in [5, 5.41) is 13.3. The molecular weight excluding hydrogens is 526 g/mol. The van der Waals surface area contributed by atoms with Crippen molar-refractivity contribution in [3.05, 3.63) is 75.8 Å². The zero-order valence-electron chi connectivity index (χ0n) is 21.7. The summed E-state index contributed by atoms with van der Waals surface area (Å²) in [6.45, 7) is 1.75. The number of nitrogens with two attached hydrogens (primary N) is 1. The van der Waals surface area contributed by atoms with E-state index in [2.05, 4.69) is 15.6 Å². The van der Waals surface area contributed by atoms with Crippen LogP contribution in [0.2, 0.25) is 0 Å². The number of nitrogens with one attached hydrogen (secondary N) is 3. The van der Waals surface area contributed by atoms with Crippen molar-refractivity contribution in [1.29, 1.82) is 5.41 Å². The standard InChI is InChI=1S/C26H31N7O3S.ClH/c1-16(34)29-26-31-21(14-7-17-5-12-20(13-6-17)30-25(27)28)22(37-26)15-33(4)24(36)19-10-8-18(9-11-19)23(35)32(2)3;/h5-6,8-13H,7,14-15H2,1-4H3,(H4,27,28,30)(H,29,31,34);1H. The number of rotatable bonds is 9. The van der Waals surface area contributed by atoms with Crippen molar-refractivity contribution in [2.45, 2.75) is 26.3 Å². The molecule has 3 rings (SSSR count). The lowest BCUT2D eigenvalue weighted by atomic mass is 10.1. The third kappa shape index (κ3) is 8.29. The predicted molar refractivity (Wildman–Crippen MR) is 153 cm³/mol. The largest absolute Gasteiger partial charge is 0.370 e. The maximum atomic E-state index is 13.1. The second-order valence-corrected chi connectivity index (χ2v) is 9.83. The van der Waals surface area contributed by atoms with Crippen LogP contribution < -0.4 is 16.4 Å². The Hall–Kier alpha value is -3.96. The van der Waals surface area contributed by atoms with E-state index in [4.69, 9.17) is 11.1 Å². The summed E-state index contributed by atoms with van der Waals surface area (Å²) in [4.78, 5) is 45.3. The molecule has 0 bridgehead atoms. The zero-order chi connectivity index (χ0) is 27.1. The molecule has 0 radical (unpaired) electrons. The Morgan fingerprint density at radius 1 is 0.921 bits per heavy atom. The molecule has 0 unspecified atom stereocenters. The second-order valence-electron chi connectivity index (χ2n) is 8.74. The molecule has 2 aromatic carbocycles. The Labute approximate surface area is 232 Å². The zero-order valence-corrected chi connectivity index (χ0v) is 23.3. The fourth-order valence-corrected chi connectivity index (χ4v) is 4.71. The van der Waals surface area contributed by atoms with Gasteiger partial charge in [0.15, 0.2) is 11.1 Å². The molecule has 0 fully saturated rings. The van der Waals surface area contributed by atoms with E-state index in [0.29, 0.717) is 35.6 Å². The molecule has 12 heteroatoms. The summed E-state index contributed by atoms with van der Waals surface area (Å²) in [7, 11) is 5.07. The first-order chi connectivity index (χ1) is 17.5. The van der Waals surface area contributed by atoms with Gasteiger partial charge in [0.1, 0.15) is 0 Å². The van der Waals surface area contributed by atoms with E-state index in [0.717, 1.165) is 21.8 Å². The van der Waals surface area contributed by atoms with Gasteiger partial charge in [-0.2, -0.15) is 0 Å². The van der Waals surface area contributed by atoms with Crippen LogP contribution in [-0.4, -0.2) is 59.6 Å². The van der Waals surface area contributed by atoms with Crippen molar-refractivity contribution in [1.82, 2.24) is 14.8 Å². The number of carbonyl (C=O) groups excluding carboxylic acids is 3. The normalized spacial score (nSPS) is 10.2. The summed E-state index contributed by atoms with van der Waals surface area (Å²) < 4.78 is 0. The van der Waals surface area contributed by atoms with Crippen LogP contribution in [0, 0.1) is 5.41 Å². The Balaban J connectivity index is 0.00000507. The lowest BCUT2D eigenvalue weighted by Crippen LogP contribution is -2.26. The average Bonchev–Trinajstić information content (AvgIpc) is 3.22. The number of benzene rings is 2. The number of guanidine groups is 1. The highest BCUT2D eigenvalue weighted by atomic mass is 35.5. The van der Waals surface area contributed by atoms with Crippen LogP contribution in [0.5, 0.6) is 0 Å². The van der Waals surface area contributed by atoms with E-state index in [9.17, 15) is 14.4 Å². The number of amides is 3. The number of nitrogens with zero attached hydrogens (tertiary/aromatic N) is 3. The van der Waals surface area contributed by atoms with Gasteiger partial charge in [-0.15, -0.1) is 12.4 Å². The Morgan fingerprint density at radius 2 is 1.50 bits per heavy atom. The molecule has 202 valence electrons. The maximum Gasteiger partial charge on any atom is 0.253 e. The molecule has 10 nitrogen and oxygen atoms in total. The van der Waals surface area contributed by atoms with Gasteiger partial charge in [-0.3, -0.25) is 19.8 Å². The van der Waals surface area contributed by atoms with E-state index in [1.807, 2.05) is 24.3 Å². The van der Waals surface area contributed by atoms with Crippen molar-refractivity contribution in [3.8, 4) is 0 Å². The number of anilines is 2. The summed E-state index contributed by atoms with van der Waals surface area (Å²) in [6, 6.07) is 14.2. The lowest BCUT2D eigenvalue weighted by molar-refractivity contribution is -0.114. The number of hydrogen-bond acceptors (Lipinski definition) is 6. The maximum absolute atomic E-state index is 13.1. The molecule has 0 aliphatic rings. The number of aromatic nitrogens is 1. The second kappa shape index (κ2) is 13.5. The van der Waals surface area contributed by atoms with Crippen molar-refractivity contribution in [2.75, 3.05) is 31.8 Å². The first-order valence-electron chi connectivity index (χ1n) is 11.6. The molecule has 38 heavy (non-hydrogen) atoms. The first kappa shape index (κ1) is 30.3. The highest BCUT2D eigenvalue weighted by Crippen LogP contribution is 2.26. The van der Waals surface area contributed by atoms with Gasteiger partial charge in [0, 0.05) is 49.8 Å². The summed E-state index contributed by atoms with van der Waals surface area (Å²) >= 11 is 1.35. The van der Waals surface area contributed by atoms with Crippen molar-refractivity contribution < 1.29 is 14.4 Å². The number of aryl methyl sites for hydroxylation is 2. The van der Waals surface area contributed by atoms with Gasteiger partial charge in [0.25, 0.3) is 11.8 Å². The minimum Gasteiger partial charge on any atom is -0.370 e. The average molecular weight is 558 g/mol. The number of carbonyl (C=O) groups is 3. The molecule has 0 saturated carbocycles. The van der Waals surface area contributed by atoms with Gasteiger partial charge in [-0.05, 0) is 54.8 Å².